The fourth-order valence-corrected chi connectivity index (χ4v) is 3.43. The lowest BCUT2D eigenvalue weighted by Crippen LogP contribution is -2.09. The van der Waals surface area contributed by atoms with Crippen LogP contribution >= 0.6 is 0 Å². The maximum absolute atomic E-state index is 13.6. The molecule has 1 heterocycles. The number of hydrogen-bond acceptors (Lipinski definition) is 3. The molecule has 0 aliphatic carbocycles. The molecule has 2 rings (SSSR count). The van der Waals surface area contributed by atoms with Gasteiger partial charge in [-0.25, -0.2) is 9.18 Å². The third-order valence-corrected chi connectivity index (χ3v) is 4.77. The smallest absolute Gasteiger partial charge is 0.335 e. The Kier molecular flexibility index (Phi) is 5.25. The minimum absolute atomic E-state index is 0.0303. The van der Waals surface area contributed by atoms with Gasteiger partial charge in [-0.2, -0.15) is 0 Å². The van der Waals surface area contributed by atoms with E-state index < -0.39 is 22.6 Å². The summed E-state index contributed by atoms with van der Waals surface area (Å²) in [6, 6.07) is 3.38. The number of carboxylic acids is 1. The van der Waals surface area contributed by atoms with E-state index in [1.54, 1.807) is 0 Å². The number of hydrogen-bond donors (Lipinski definition) is 1. The Morgan fingerprint density at radius 1 is 1.50 bits per heavy atom. The second-order valence-corrected chi connectivity index (χ2v) is 6.32. The van der Waals surface area contributed by atoms with Gasteiger partial charge < -0.3 is 9.84 Å². The number of benzene rings is 1. The van der Waals surface area contributed by atoms with E-state index in [1.807, 2.05) is 0 Å². The van der Waals surface area contributed by atoms with Crippen LogP contribution in [-0.4, -0.2) is 33.7 Å². The summed E-state index contributed by atoms with van der Waals surface area (Å²) in [5.74, 6) is -1.45. The SMILES string of the molecule is O=C(O)c1ccc(F)c(S(=O)CCCC2CCCO2)c1. The van der Waals surface area contributed by atoms with Crippen LogP contribution in [0.1, 0.15) is 36.0 Å². The number of carbonyl (C=O) groups is 1. The molecule has 0 bridgehead atoms. The molecule has 0 saturated carbocycles. The first-order valence-corrected chi connectivity index (χ1v) is 7.92. The highest BCUT2D eigenvalue weighted by molar-refractivity contribution is 7.85. The zero-order valence-corrected chi connectivity index (χ0v) is 11.8. The highest BCUT2D eigenvalue weighted by Gasteiger charge is 2.17. The lowest BCUT2D eigenvalue weighted by atomic mass is 10.1. The molecule has 0 radical (unpaired) electrons. The van der Waals surface area contributed by atoms with Crippen LogP contribution in [-0.2, 0) is 15.5 Å². The van der Waals surface area contributed by atoms with E-state index in [2.05, 4.69) is 0 Å². The molecule has 110 valence electrons. The molecule has 0 amide bonds. The summed E-state index contributed by atoms with van der Waals surface area (Å²) in [4.78, 5) is 10.8. The number of halogens is 1. The number of aromatic carboxylic acids is 1. The van der Waals surface area contributed by atoms with Crippen molar-refractivity contribution in [3.63, 3.8) is 0 Å². The molecular formula is C14H17FO4S. The van der Waals surface area contributed by atoms with Crippen LogP contribution in [0.25, 0.3) is 0 Å². The Bertz CT molecular complexity index is 512. The fraction of sp³-hybridized carbons (Fsp3) is 0.500. The maximum atomic E-state index is 13.6. The molecule has 20 heavy (non-hydrogen) atoms. The first-order chi connectivity index (χ1) is 9.58. The lowest BCUT2D eigenvalue weighted by Gasteiger charge is -2.09. The molecule has 6 heteroatoms. The number of rotatable bonds is 6. The van der Waals surface area contributed by atoms with Gasteiger partial charge in [-0.05, 0) is 43.9 Å². The Morgan fingerprint density at radius 2 is 2.30 bits per heavy atom. The number of carboxylic acid groups (broad SMARTS) is 1. The molecule has 0 spiro atoms. The van der Waals surface area contributed by atoms with Crippen LogP contribution in [0.5, 0.6) is 0 Å². The summed E-state index contributed by atoms with van der Waals surface area (Å²) in [7, 11) is -1.52. The van der Waals surface area contributed by atoms with Gasteiger partial charge in [0, 0.05) is 12.4 Å². The lowest BCUT2D eigenvalue weighted by molar-refractivity contribution is 0.0696. The van der Waals surface area contributed by atoms with Crippen molar-refractivity contribution < 1.29 is 23.2 Å². The predicted molar refractivity (Wildman–Crippen MR) is 72.8 cm³/mol. The van der Waals surface area contributed by atoms with Gasteiger partial charge in [0.15, 0.2) is 0 Å². The topological polar surface area (TPSA) is 63.6 Å². The highest BCUT2D eigenvalue weighted by atomic mass is 32.2. The summed E-state index contributed by atoms with van der Waals surface area (Å²) in [6.07, 6.45) is 3.79. The van der Waals surface area contributed by atoms with Crippen LogP contribution in [0.4, 0.5) is 4.39 Å². The van der Waals surface area contributed by atoms with Crippen molar-refractivity contribution in [3.8, 4) is 0 Å². The molecule has 0 aromatic heterocycles. The van der Waals surface area contributed by atoms with Gasteiger partial charge in [0.2, 0.25) is 0 Å². The van der Waals surface area contributed by atoms with E-state index >= 15 is 0 Å². The van der Waals surface area contributed by atoms with Crippen molar-refractivity contribution in [1.82, 2.24) is 0 Å². The van der Waals surface area contributed by atoms with E-state index in [0.29, 0.717) is 12.2 Å². The van der Waals surface area contributed by atoms with E-state index in [9.17, 15) is 13.4 Å². The molecule has 1 aliphatic heterocycles. The first kappa shape index (κ1) is 15.1. The summed E-state index contributed by atoms with van der Waals surface area (Å²) in [5, 5.41) is 8.86. The molecule has 1 fully saturated rings. The Hall–Kier alpha value is -1.27. The van der Waals surface area contributed by atoms with Crippen molar-refractivity contribution in [2.24, 2.45) is 0 Å². The largest absolute Gasteiger partial charge is 0.478 e. The van der Waals surface area contributed by atoms with Gasteiger partial charge in [0.1, 0.15) is 5.82 Å². The van der Waals surface area contributed by atoms with Crippen LogP contribution in [0.3, 0.4) is 0 Å². The van der Waals surface area contributed by atoms with Gasteiger partial charge in [-0.15, -0.1) is 0 Å². The van der Waals surface area contributed by atoms with Crippen LogP contribution < -0.4 is 0 Å². The molecule has 1 aromatic rings. The van der Waals surface area contributed by atoms with Crippen molar-refractivity contribution in [1.29, 1.82) is 0 Å². The van der Waals surface area contributed by atoms with E-state index in [4.69, 9.17) is 9.84 Å². The minimum atomic E-state index is -1.52. The molecule has 1 N–H and O–H groups in total. The Morgan fingerprint density at radius 3 is 2.95 bits per heavy atom. The summed E-state index contributed by atoms with van der Waals surface area (Å²) >= 11 is 0. The summed E-state index contributed by atoms with van der Waals surface area (Å²) in [6.45, 7) is 0.781. The van der Waals surface area contributed by atoms with E-state index in [-0.39, 0.29) is 16.6 Å². The van der Waals surface area contributed by atoms with Crippen molar-refractivity contribution in [3.05, 3.63) is 29.6 Å². The zero-order chi connectivity index (χ0) is 14.5. The first-order valence-electron chi connectivity index (χ1n) is 6.61. The molecule has 2 unspecified atom stereocenters. The van der Waals surface area contributed by atoms with Gasteiger partial charge in [0.05, 0.1) is 27.4 Å². The zero-order valence-electron chi connectivity index (χ0n) is 11.0. The molecular weight excluding hydrogens is 283 g/mol. The monoisotopic (exact) mass is 300 g/mol. The van der Waals surface area contributed by atoms with Crippen molar-refractivity contribution in [2.75, 3.05) is 12.4 Å². The van der Waals surface area contributed by atoms with Gasteiger partial charge >= 0.3 is 5.97 Å². The number of ether oxygens (including phenoxy) is 1. The third kappa shape index (κ3) is 3.86. The highest BCUT2D eigenvalue weighted by Crippen LogP contribution is 2.19. The molecule has 4 nitrogen and oxygen atoms in total. The molecule has 1 aliphatic rings. The van der Waals surface area contributed by atoms with E-state index in [1.165, 1.54) is 6.07 Å². The minimum Gasteiger partial charge on any atom is -0.478 e. The van der Waals surface area contributed by atoms with Gasteiger partial charge in [0.25, 0.3) is 0 Å². The quantitative estimate of drug-likeness (QED) is 0.877. The average molecular weight is 300 g/mol. The van der Waals surface area contributed by atoms with Gasteiger partial charge in [-0.1, -0.05) is 0 Å². The van der Waals surface area contributed by atoms with Gasteiger partial charge in [-0.3, -0.25) is 4.21 Å². The molecule has 1 aromatic carbocycles. The van der Waals surface area contributed by atoms with Crippen molar-refractivity contribution in [2.45, 2.75) is 36.7 Å². The summed E-state index contributed by atoms with van der Waals surface area (Å²) in [5.41, 5.74) is -0.0473. The van der Waals surface area contributed by atoms with Crippen LogP contribution in [0.15, 0.2) is 23.1 Å². The fourth-order valence-electron chi connectivity index (χ4n) is 2.23. The summed E-state index contributed by atoms with van der Waals surface area (Å²) < 4.78 is 31.1. The second kappa shape index (κ2) is 6.95. The Balaban J connectivity index is 1.94. The standard InChI is InChI=1S/C14H17FO4S/c15-12-6-5-10(14(16)17)9-13(12)20(18)8-2-4-11-3-1-7-19-11/h5-6,9,11H,1-4,7-8H2,(H,16,17). The average Bonchev–Trinajstić information content (AvgIpc) is 2.92. The maximum Gasteiger partial charge on any atom is 0.335 e. The third-order valence-electron chi connectivity index (χ3n) is 3.30. The Labute approximate surface area is 119 Å². The van der Waals surface area contributed by atoms with E-state index in [0.717, 1.165) is 38.0 Å². The normalized spacial score (nSPS) is 19.9. The van der Waals surface area contributed by atoms with Crippen molar-refractivity contribution >= 4 is 16.8 Å². The van der Waals surface area contributed by atoms with Crippen LogP contribution in [0.2, 0.25) is 0 Å². The predicted octanol–water partition coefficient (Wildman–Crippen LogP) is 2.59. The second-order valence-electron chi connectivity index (χ2n) is 4.78. The van der Waals surface area contributed by atoms with Crippen LogP contribution in [0, 0.1) is 5.82 Å². The molecule has 1 saturated heterocycles. The molecule has 2 atom stereocenters.